The fourth-order valence-corrected chi connectivity index (χ4v) is 3.77. The van der Waals surface area contributed by atoms with Gasteiger partial charge in [-0.1, -0.05) is 26.0 Å². The number of likely N-dealkylation sites (tertiary alicyclic amines) is 1. The molecular weight excluding hydrogens is 430 g/mol. The van der Waals surface area contributed by atoms with E-state index in [1.54, 1.807) is 31.0 Å². The van der Waals surface area contributed by atoms with Crippen molar-refractivity contribution in [1.29, 1.82) is 0 Å². The molecule has 1 saturated heterocycles. The highest BCUT2D eigenvalue weighted by atomic mass is 19.1. The Balaban J connectivity index is 1.59. The number of hydrogen-bond donors (Lipinski definition) is 2. The maximum absolute atomic E-state index is 14.0. The number of aryl methyl sites for hydroxylation is 1. The van der Waals surface area contributed by atoms with E-state index in [0.717, 1.165) is 17.7 Å². The van der Waals surface area contributed by atoms with Crippen LogP contribution in [0.1, 0.15) is 42.6 Å². The summed E-state index contributed by atoms with van der Waals surface area (Å²) in [7, 11) is 0. The molecule has 7 nitrogen and oxygen atoms in total. The number of piperidine rings is 1. The predicted molar refractivity (Wildman–Crippen MR) is 119 cm³/mol. The first-order valence-corrected chi connectivity index (χ1v) is 10.9. The van der Waals surface area contributed by atoms with Crippen LogP contribution in [0.25, 0.3) is 0 Å². The van der Waals surface area contributed by atoms with Gasteiger partial charge in [0.2, 0.25) is 11.8 Å². The highest BCUT2D eigenvalue weighted by molar-refractivity contribution is 5.98. The molecule has 2 heterocycles. The lowest BCUT2D eigenvalue weighted by atomic mass is 9.94. The smallest absolute Gasteiger partial charge is 0.257 e. The van der Waals surface area contributed by atoms with Crippen LogP contribution in [0.5, 0.6) is 0 Å². The monoisotopic (exact) mass is 458 g/mol. The molecule has 1 fully saturated rings. The summed E-state index contributed by atoms with van der Waals surface area (Å²) in [5, 5.41) is 5.28. The number of benzene rings is 1. The minimum Gasteiger partial charge on any atom is -0.341 e. The fraction of sp³-hybridized carbons (Fsp3) is 0.417. The van der Waals surface area contributed by atoms with Gasteiger partial charge in [-0.05, 0) is 49.4 Å². The Morgan fingerprint density at radius 2 is 1.70 bits per heavy atom. The van der Waals surface area contributed by atoms with Crippen molar-refractivity contribution in [1.82, 2.24) is 15.2 Å². The van der Waals surface area contributed by atoms with E-state index in [9.17, 15) is 23.2 Å². The molecule has 1 aliphatic heterocycles. The summed E-state index contributed by atoms with van der Waals surface area (Å²) in [6.45, 7) is 6.08. The van der Waals surface area contributed by atoms with Crippen molar-refractivity contribution in [2.75, 3.05) is 18.4 Å². The third-order valence-electron chi connectivity index (χ3n) is 5.75. The molecule has 0 saturated carbocycles. The molecule has 0 aliphatic carbocycles. The number of carbonyl (C=O) groups excluding carboxylic acids is 3. The largest absolute Gasteiger partial charge is 0.341 e. The Hall–Kier alpha value is -3.36. The SMILES string of the molecule is Cc1ccc(NC(=O)C2CCN(C(=O)C(NC(=O)c3c(F)cccc3F)C(C)C)CC2)nc1. The van der Waals surface area contributed by atoms with Crippen LogP contribution in [0, 0.1) is 30.4 Å². The van der Waals surface area contributed by atoms with Crippen molar-refractivity contribution in [2.24, 2.45) is 11.8 Å². The molecule has 3 amide bonds. The van der Waals surface area contributed by atoms with Crippen molar-refractivity contribution in [2.45, 2.75) is 39.7 Å². The Morgan fingerprint density at radius 3 is 2.24 bits per heavy atom. The molecule has 1 unspecified atom stereocenters. The maximum atomic E-state index is 14.0. The normalized spacial score (nSPS) is 15.3. The minimum absolute atomic E-state index is 0.151. The number of pyridine rings is 1. The van der Waals surface area contributed by atoms with Crippen LogP contribution in [0.4, 0.5) is 14.6 Å². The highest BCUT2D eigenvalue weighted by Gasteiger charge is 2.34. The van der Waals surface area contributed by atoms with E-state index >= 15 is 0 Å². The number of rotatable bonds is 6. The van der Waals surface area contributed by atoms with Gasteiger partial charge in [-0.15, -0.1) is 0 Å². The van der Waals surface area contributed by atoms with E-state index in [-0.39, 0.29) is 23.7 Å². The molecule has 1 aromatic carbocycles. The number of amides is 3. The summed E-state index contributed by atoms with van der Waals surface area (Å²) in [5.74, 6) is -3.53. The van der Waals surface area contributed by atoms with Gasteiger partial charge in [0.05, 0.1) is 0 Å². The summed E-state index contributed by atoms with van der Waals surface area (Å²) in [6, 6.07) is 5.80. The zero-order valence-corrected chi connectivity index (χ0v) is 18.9. The zero-order chi connectivity index (χ0) is 24.1. The van der Waals surface area contributed by atoms with Crippen LogP contribution in [0.3, 0.4) is 0 Å². The summed E-state index contributed by atoms with van der Waals surface area (Å²) in [5.41, 5.74) is 0.278. The van der Waals surface area contributed by atoms with Crippen molar-refractivity contribution < 1.29 is 23.2 Å². The molecule has 176 valence electrons. The first-order valence-electron chi connectivity index (χ1n) is 10.9. The van der Waals surface area contributed by atoms with Crippen LogP contribution >= 0.6 is 0 Å². The Morgan fingerprint density at radius 1 is 1.06 bits per heavy atom. The first kappa shape index (κ1) is 24.3. The van der Waals surface area contributed by atoms with E-state index in [4.69, 9.17) is 0 Å². The second-order valence-electron chi connectivity index (χ2n) is 8.60. The highest BCUT2D eigenvalue weighted by Crippen LogP contribution is 2.21. The molecule has 2 N–H and O–H groups in total. The van der Waals surface area contributed by atoms with E-state index in [1.165, 1.54) is 6.07 Å². The molecule has 3 rings (SSSR count). The Bertz CT molecular complexity index is 999. The van der Waals surface area contributed by atoms with Gasteiger partial charge in [0, 0.05) is 25.2 Å². The third-order valence-corrected chi connectivity index (χ3v) is 5.75. The van der Waals surface area contributed by atoms with Gasteiger partial charge in [0.25, 0.3) is 5.91 Å². The summed E-state index contributed by atoms with van der Waals surface area (Å²) in [4.78, 5) is 43.9. The molecule has 2 aromatic rings. The van der Waals surface area contributed by atoms with Crippen LogP contribution in [-0.2, 0) is 9.59 Å². The molecule has 0 radical (unpaired) electrons. The van der Waals surface area contributed by atoms with Gasteiger partial charge in [-0.3, -0.25) is 14.4 Å². The van der Waals surface area contributed by atoms with E-state index < -0.39 is 29.1 Å². The number of carbonyl (C=O) groups is 3. The number of halogens is 2. The fourth-order valence-electron chi connectivity index (χ4n) is 3.77. The Kier molecular flexibility index (Phi) is 7.73. The van der Waals surface area contributed by atoms with Crippen molar-refractivity contribution in [3.63, 3.8) is 0 Å². The third kappa shape index (κ3) is 5.91. The second kappa shape index (κ2) is 10.5. The van der Waals surface area contributed by atoms with Crippen LogP contribution in [0.15, 0.2) is 36.5 Å². The summed E-state index contributed by atoms with van der Waals surface area (Å²) < 4.78 is 27.9. The minimum atomic E-state index is -0.989. The van der Waals surface area contributed by atoms with Crippen LogP contribution in [0.2, 0.25) is 0 Å². The number of nitrogens with one attached hydrogen (secondary N) is 2. The molecule has 0 bridgehead atoms. The zero-order valence-electron chi connectivity index (χ0n) is 18.9. The van der Waals surface area contributed by atoms with Gasteiger partial charge in [-0.25, -0.2) is 13.8 Å². The van der Waals surface area contributed by atoms with E-state index in [0.29, 0.717) is 31.7 Å². The lowest BCUT2D eigenvalue weighted by Gasteiger charge is -2.35. The topological polar surface area (TPSA) is 91.4 Å². The van der Waals surface area contributed by atoms with Gasteiger partial charge in [0.15, 0.2) is 0 Å². The van der Waals surface area contributed by atoms with Gasteiger partial charge in [0.1, 0.15) is 29.1 Å². The number of hydrogen-bond acceptors (Lipinski definition) is 4. The quantitative estimate of drug-likeness (QED) is 0.695. The van der Waals surface area contributed by atoms with Crippen LogP contribution < -0.4 is 10.6 Å². The van der Waals surface area contributed by atoms with Crippen molar-refractivity contribution in [3.8, 4) is 0 Å². The van der Waals surface area contributed by atoms with Gasteiger partial charge in [-0.2, -0.15) is 0 Å². The van der Waals surface area contributed by atoms with E-state index in [1.807, 2.05) is 13.0 Å². The molecule has 0 spiro atoms. The molecule has 1 aliphatic rings. The average Bonchev–Trinajstić information content (AvgIpc) is 2.78. The predicted octanol–water partition coefficient (Wildman–Crippen LogP) is 3.30. The standard InChI is InChI=1S/C24H28F2N4O3/c1-14(2)21(29-23(32)20-17(25)5-4-6-18(20)26)24(33)30-11-9-16(10-12-30)22(31)28-19-8-7-15(3)13-27-19/h4-8,13-14,16,21H,9-12H2,1-3H3,(H,29,32)(H,27,28,31). The van der Waals surface area contributed by atoms with Crippen molar-refractivity contribution in [3.05, 3.63) is 59.3 Å². The lowest BCUT2D eigenvalue weighted by molar-refractivity contribution is -0.137. The summed E-state index contributed by atoms with van der Waals surface area (Å²) >= 11 is 0. The number of anilines is 1. The van der Waals surface area contributed by atoms with Crippen LogP contribution in [-0.4, -0.2) is 46.7 Å². The van der Waals surface area contributed by atoms with Crippen molar-refractivity contribution >= 4 is 23.5 Å². The first-order chi connectivity index (χ1) is 15.7. The molecule has 1 atom stereocenters. The summed E-state index contributed by atoms with van der Waals surface area (Å²) in [6.07, 6.45) is 2.60. The Labute approximate surface area is 191 Å². The van der Waals surface area contributed by atoms with Gasteiger partial charge >= 0.3 is 0 Å². The molecular formula is C24H28F2N4O3. The maximum Gasteiger partial charge on any atom is 0.257 e. The molecule has 9 heteroatoms. The van der Waals surface area contributed by atoms with Gasteiger partial charge < -0.3 is 15.5 Å². The number of nitrogens with zero attached hydrogens (tertiary/aromatic N) is 2. The second-order valence-corrected chi connectivity index (χ2v) is 8.60. The number of aromatic nitrogens is 1. The average molecular weight is 459 g/mol. The molecule has 33 heavy (non-hydrogen) atoms. The van der Waals surface area contributed by atoms with E-state index in [2.05, 4.69) is 15.6 Å². The molecule has 1 aromatic heterocycles. The lowest BCUT2D eigenvalue weighted by Crippen LogP contribution is -2.53.